The lowest BCUT2D eigenvalue weighted by Crippen LogP contribution is -2.34. The Kier molecular flexibility index (Phi) is 1.95. The van der Waals surface area contributed by atoms with Gasteiger partial charge in [-0.25, -0.2) is 0 Å². The summed E-state index contributed by atoms with van der Waals surface area (Å²) in [7, 11) is 0. The molecule has 2 heteroatoms. The third-order valence-corrected chi connectivity index (χ3v) is 2.59. The second-order valence-corrected chi connectivity index (χ2v) is 3.75. The van der Waals surface area contributed by atoms with Crippen LogP contribution in [-0.2, 0) is 4.79 Å². The molecule has 2 aliphatic rings. The van der Waals surface area contributed by atoms with Crippen molar-refractivity contribution in [2.75, 3.05) is 0 Å². The van der Waals surface area contributed by atoms with Crippen LogP contribution in [0.25, 0.3) is 0 Å². The number of hydrogen-bond acceptors (Lipinski definition) is 2. The van der Waals surface area contributed by atoms with Gasteiger partial charge in [0, 0.05) is 24.9 Å². The van der Waals surface area contributed by atoms with Crippen molar-refractivity contribution in [3.8, 4) is 0 Å². The van der Waals surface area contributed by atoms with E-state index in [0.717, 1.165) is 31.7 Å². The molecule has 0 aromatic rings. The van der Waals surface area contributed by atoms with Gasteiger partial charge in [0.25, 0.3) is 0 Å². The first-order valence-electron chi connectivity index (χ1n) is 4.62. The number of hydrogen-bond donors (Lipinski definition) is 1. The summed E-state index contributed by atoms with van der Waals surface area (Å²) in [6.07, 6.45) is 6.48. The van der Waals surface area contributed by atoms with Crippen LogP contribution >= 0.6 is 0 Å². The van der Waals surface area contributed by atoms with E-state index in [4.69, 9.17) is 0 Å². The predicted octanol–water partition coefficient (Wildman–Crippen LogP) is 1.25. The highest BCUT2D eigenvalue weighted by atomic mass is 16.1. The zero-order valence-corrected chi connectivity index (χ0v) is 6.81. The summed E-state index contributed by atoms with van der Waals surface area (Å²) in [4.78, 5) is 10.9. The molecule has 0 bridgehead atoms. The van der Waals surface area contributed by atoms with Crippen LogP contribution in [0.3, 0.4) is 0 Å². The van der Waals surface area contributed by atoms with Crippen molar-refractivity contribution in [2.24, 2.45) is 0 Å². The van der Waals surface area contributed by atoms with E-state index in [0.29, 0.717) is 11.8 Å². The molecule has 2 saturated carbocycles. The first-order valence-corrected chi connectivity index (χ1v) is 4.62. The molecule has 0 radical (unpaired) electrons. The van der Waals surface area contributed by atoms with Crippen LogP contribution in [0, 0.1) is 0 Å². The van der Waals surface area contributed by atoms with Crippen LogP contribution < -0.4 is 5.32 Å². The summed E-state index contributed by atoms with van der Waals surface area (Å²) in [5.41, 5.74) is 0. The highest BCUT2D eigenvalue weighted by Gasteiger charge is 2.26. The van der Waals surface area contributed by atoms with Gasteiger partial charge in [-0.1, -0.05) is 0 Å². The van der Waals surface area contributed by atoms with Crippen LogP contribution in [-0.4, -0.2) is 17.9 Å². The smallest absolute Gasteiger partial charge is 0.133 e. The lowest BCUT2D eigenvalue weighted by molar-refractivity contribution is -0.120. The van der Waals surface area contributed by atoms with Crippen LogP contribution in [0.15, 0.2) is 0 Å². The third-order valence-electron chi connectivity index (χ3n) is 2.59. The van der Waals surface area contributed by atoms with E-state index in [2.05, 4.69) is 5.32 Å². The molecule has 0 aromatic carbocycles. The molecule has 2 aliphatic carbocycles. The van der Waals surface area contributed by atoms with Crippen LogP contribution in [0.4, 0.5) is 0 Å². The van der Waals surface area contributed by atoms with E-state index < -0.39 is 0 Å². The lowest BCUT2D eigenvalue weighted by atomic mass is 9.94. The molecule has 0 aliphatic heterocycles. The summed E-state index contributed by atoms with van der Waals surface area (Å²) in [5, 5.41) is 3.56. The minimum atomic E-state index is 0.457. The molecule has 0 atom stereocenters. The van der Waals surface area contributed by atoms with Crippen LogP contribution in [0.1, 0.15) is 38.5 Å². The Bertz CT molecular complexity index is 153. The molecule has 0 unspecified atom stereocenters. The molecule has 2 nitrogen and oxygen atoms in total. The van der Waals surface area contributed by atoms with Crippen LogP contribution in [0.2, 0.25) is 0 Å². The summed E-state index contributed by atoms with van der Waals surface area (Å²) in [6.45, 7) is 0. The molecule has 0 saturated heterocycles. The Morgan fingerprint density at radius 1 is 1.00 bits per heavy atom. The number of nitrogens with one attached hydrogen (secondary N) is 1. The van der Waals surface area contributed by atoms with E-state index in [1.807, 2.05) is 0 Å². The Balaban J connectivity index is 1.73. The zero-order chi connectivity index (χ0) is 7.68. The van der Waals surface area contributed by atoms with Crippen molar-refractivity contribution in [1.29, 1.82) is 0 Å². The van der Waals surface area contributed by atoms with Gasteiger partial charge < -0.3 is 5.32 Å². The van der Waals surface area contributed by atoms with Gasteiger partial charge >= 0.3 is 0 Å². The summed E-state index contributed by atoms with van der Waals surface area (Å²) < 4.78 is 0. The van der Waals surface area contributed by atoms with Gasteiger partial charge in [0.1, 0.15) is 5.78 Å². The fourth-order valence-corrected chi connectivity index (χ4v) is 1.69. The maximum Gasteiger partial charge on any atom is 0.133 e. The molecule has 2 fully saturated rings. The average molecular weight is 153 g/mol. The number of Topliss-reactive ketones (excluding diaryl/α,β-unsaturated/α-hetero) is 1. The largest absolute Gasteiger partial charge is 0.311 e. The third kappa shape index (κ3) is 2.03. The topological polar surface area (TPSA) is 29.1 Å². The highest BCUT2D eigenvalue weighted by Crippen LogP contribution is 2.23. The number of carbonyl (C=O) groups is 1. The summed E-state index contributed by atoms with van der Waals surface area (Å²) in [6, 6.07) is 1.45. The average Bonchev–Trinajstić information content (AvgIpc) is 2.78. The number of rotatable bonds is 2. The summed E-state index contributed by atoms with van der Waals surface area (Å²) in [5.74, 6) is 0.457. The first-order chi connectivity index (χ1) is 5.34. The zero-order valence-electron chi connectivity index (χ0n) is 6.81. The molecule has 0 amide bonds. The van der Waals surface area contributed by atoms with Gasteiger partial charge in [-0.2, -0.15) is 0 Å². The number of carbonyl (C=O) groups excluding carboxylic acids is 1. The second kappa shape index (κ2) is 2.94. The number of ketones is 1. The second-order valence-electron chi connectivity index (χ2n) is 3.75. The summed E-state index contributed by atoms with van der Waals surface area (Å²) >= 11 is 0. The van der Waals surface area contributed by atoms with Gasteiger partial charge in [-0.15, -0.1) is 0 Å². The van der Waals surface area contributed by atoms with Gasteiger partial charge in [0.15, 0.2) is 0 Å². The van der Waals surface area contributed by atoms with Crippen molar-refractivity contribution in [2.45, 2.75) is 50.6 Å². The van der Waals surface area contributed by atoms with E-state index >= 15 is 0 Å². The highest BCUT2D eigenvalue weighted by molar-refractivity contribution is 5.79. The lowest BCUT2D eigenvalue weighted by Gasteiger charge is -2.21. The minimum Gasteiger partial charge on any atom is -0.311 e. The molecule has 1 N–H and O–H groups in total. The predicted molar refractivity (Wildman–Crippen MR) is 43.4 cm³/mol. The normalized spacial score (nSPS) is 27.5. The molecular weight excluding hydrogens is 138 g/mol. The molecular formula is C9H15NO. The van der Waals surface area contributed by atoms with E-state index in [9.17, 15) is 4.79 Å². The fourth-order valence-electron chi connectivity index (χ4n) is 1.69. The van der Waals surface area contributed by atoms with E-state index in [1.54, 1.807) is 0 Å². The standard InChI is InChI=1S/C9H15NO/c11-9-5-3-8(4-6-9)10-7-1-2-7/h7-8,10H,1-6H2. The molecule has 0 heterocycles. The maximum absolute atomic E-state index is 10.9. The van der Waals surface area contributed by atoms with Crippen molar-refractivity contribution < 1.29 is 4.79 Å². The van der Waals surface area contributed by atoms with Gasteiger partial charge in [-0.3, -0.25) is 4.79 Å². The molecule has 0 aromatic heterocycles. The van der Waals surface area contributed by atoms with Gasteiger partial charge in [0.2, 0.25) is 0 Å². The van der Waals surface area contributed by atoms with Crippen molar-refractivity contribution in [3.05, 3.63) is 0 Å². The molecule has 0 spiro atoms. The molecule has 62 valence electrons. The van der Waals surface area contributed by atoms with Gasteiger partial charge in [-0.05, 0) is 25.7 Å². The quantitative estimate of drug-likeness (QED) is 0.647. The first kappa shape index (κ1) is 7.29. The fraction of sp³-hybridized carbons (Fsp3) is 0.889. The SMILES string of the molecule is O=C1CCC(NC2CC2)CC1. The monoisotopic (exact) mass is 153 g/mol. The Labute approximate surface area is 67.4 Å². The van der Waals surface area contributed by atoms with Crippen LogP contribution in [0.5, 0.6) is 0 Å². The van der Waals surface area contributed by atoms with Crippen molar-refractivity contribution in [1.82, 2.24) is 5.32 Å². The Hall–Kier alpha value is -0.370. The molecule has 11 heavy (non-hydrogen) atoms. The van der Waals surface area contributed by atoms with E-state index in [-0.39, 0.29) is 0 Å². The maximum atomic E-state index is 10.9. The van der Waals surface area contributed by atoms with Crippen molar-refractivity contribution >= 4 is 5.78 Å². The van der Waals surface area contributed by atoms with E-state index in [1.165, 1.54) is 12.8 Å². The molecule has 2 rings (SSSR count). The Morgan fingerprint density at radius 3 is 2.09 bits per heavy atom. The minimum absolute atomic E-state index is 0.457. The van der Waals surface area contributed by atoms with Gasteiger partial charge in [0.05, 0.1) is 0 Å². The van der Waals surface area contributed by atoms with Crippen molar-refractivity contribution in [3.63, 3.8) is 0 Å². The Morgan fingerprint density at radius 2 is 1.55 bits per heavy atom.